The first-order valence-corrected chi connectivity index (χ1v) is 13.5. The van der Waals surface area contributed by atoms with E-state index in [1.54, 1.807) is 23.9 Å². The molecule has 0 saturated carbocycles. The summed E-state index contributed by atoms with van der Waals surface area (Å²) >= 11 is 0. The summed E-state index contributed by atoms with van der Waals surface area (Å²) in [7, 11) is 3.85. The smallest absolute Gasteiger partial charge is 0.250 e. The van der Waals surface area contributed by atoms with Crippen LogP contribution in [0.4, 0.5) is 11.8 Å². The second-order valence-corrected chi connectivity index (χ2v) is 10.6. The van der Waals surface area contributed by atoms with Crippen molar-refractivity contribution in [1.82, 2.24) is 24.4 Å². The summed E-state index contributed by atoms with van der Waals surface area (Å²) in [5.74, 6) is 0.603. The molecule has 0 unspecified atom stereocenters. The first kappa shape index (κ1) is 28.2. The Kier molecular flexibility index (Phi) is 8.93. The normalized spacial score (nSPS) is 13.1. The highest BCUT2D eigenvalue weighted by molar-refractivity contribution is 5.89. The van der Waals surface area contributed by atoms with Gasteiger partial charge in [0, 0.05) is 44.2 Å². The molecule has 4 N–H and O–H groups in total. The number of anilines is 2. The van der Waals surface area contributed by atoms with Crippen molar-refractivity contribution in [3.8, 4) is 11.1 Å². The maximum Gasteiger partial charge on any atom is 0.250 e. The summed E-state index contributed by atoms with van der Waals surface area (Å²) in [6.07, 6.45) is 7.34. The van der Waals surface area contributed by atoms with Crippen LogP contribution >= 0.6 is 0 Å². The van der Waals surface area contributed by atoms with Gasteiger partial charge in [-0.2, -0.15) is 4.98 Å². The number of aliphatic hydroxyl groups is 1. The Morgan fingerprint density at radius 2 is 1.95 bits per heavy atom. The first-order valence-electron chi connectivity index (χ1n) is 13.5. The number of unbranched alkanes of at least 4 members (excludes halogenated alkanes) is 1. The Balaban J connectivity index is 1.66. The fourth-order valence-electron chi connectivity index (χ4n) is 4.72. The Morgan fingerprint density at radius 3 is 2.67 bits per heavy atom. The highest BCUT2D eigenvalue weighted by atomic mass is 16.3. The maximum absolute atomic E-state index is 12.7. The molecule has 4 rings (SSSR count). The van der Waals surface area contributed by atoms with Gasteiger partial charge in [0.1, 0.15) is 5.52 Å². The van der Waals surface area contributed by atoms with Crippen molar-refractivity contribution in [3.63, 3.8) is 0 Å². The van der Waals surface area contributed by atoms with Gasteiger partial charge >= 0.3 is 0 Å². The van der Waals surface area contributed by atoms with Crippen molar-refractivity contribution in [3.05, 3.63) is 76.3 Å². The highest BCUT2D eigenvalue weighted by Crippen LogP contribution is 2.29. The zero-order valence-electron chi connectivity index (χ0n) is 23.3. The third-order valence-electron chi connectivity index (χ3n) is 7.09. The van der Waals surface area contributed by atoms with Crippen molar-refractivity contribution in [1.29, 1.82) is 0 Å². The highest BCUT2D eigenvalue weighted by Gasteiger charge is 2.25. The van der Waals surface area contributed by atoms with E-state index in [4.69, 9.17) is 10.7 Å². The molecule has 0 aliphatic carbocycles. The summed E-state index contributed by atoms with van der Waals surface area (Å²) in [5, 5.41) is 13.4. The number of nitrogens with two attached hydrogens (primary N) is 1. The number of nitrogens with one attached hydrogen (secondary N) is 1. The maximum atomic E-state index is 12.7. The van der Waals surface area contributed by atoms with E-state index in [0.29, 0.717) is 23.4 Å². The minimum Gasteiger partial charge on any atom is -0.394 e. The molecule has 0 spiro atoms. The third-order valence-corrected chi connectivity index (χ3v) is 7.09. The molecule has 1 atom stereocenters. The van der Waals surface area contributed by atoms with Crippen LogP contribution in [-0.2, 0) is 20.0 Å². The average molecular weight is 530 g/mol. The van der Waals surface area contributed by atoms with Gasteiger partial charge in [0.05, 0.1) is 17.7 Å². The lowest BCUT2D eigenvalue weighted by Crippen LogP contribution is -2.39. The fraction of sp³-hybridized carbons (Fsp3) is 0.400. The number of aliphatic hydroxyl groups excluding tert-OH is 1. The number of aryl methyl sites for hydroxylation is 1. The van der Waals surface area contributed by atoms with E-state index in [-0.39, 0.29) is 18.1 Å². The lowest BCUT2D eigenvalue weighted by molar-refractivity contribution is 0.212. The van der Waals surface area contributed by atoms with Gasteiger partial charge in [-0.25, -0.2) is 4.98 Å². The SMILES string of the molecule is CCCC[C@](C)(CO)Nc1nc(N)nc2cc(-c3cc(=O)n(C)cc3CN(C)CCc3ccccc3)cnc12. The minimum absolute atomic E-state index is 0.0507. The molecule has 4 aromatic rings. The molecule has 0 amide bonds. The van der Waals surface area contributed by atoms with Crippen molar-refractivity contribution in [2.45, 2.75) is 51.6 Å². The van der Waals surface area contributed by atoms with Gasteiger partial charge in [-0.3, -0.25) is 9.78 Å². The summed E-state index contributed by atoms with van der Waals surface area (Å²) in [5.41, 5.74) is 10.5. The van der Waals surface area contributed by atoms with Gasteiger partial charge in [0.2, 0.25) is 5.95 Å². The van der Waals surface area contributed by atoms with Crippen LogP contribution in [0.5, 0.6) is 0 Å². The van der Waals surface area contributed by atoms with Gasteiger partial charge < -0.3 is 25.6 Å². The van der Waals surface area contributed by atoms with E-state index in [1.807, 2.05) is 25.3 Å². The number of hydrogen-bond acceptors (Lipinski definition) is 8. The van der Waals surface area contributed by atoms with E-state index in [1.165, 1.54) is 5.56 Å². The lowest BCUT2D eigenvalue weighted by Gasteiger charge is -2.29. The number of rotatable bonds is 12. The number of hydrogen-bond donors (Lipinski definition) is 3. The van der Waals surface area contributed by atoms with Crippen LogP contribution in [-0.4, -0.2) is 55.3 Å². The molecule has 0 aliphatic rings. The third kappa shape index (κ3) is 6.99. The predicted molar refractivity (Wildman–Crippen MR) is 158 cm³/mol. The molecule has 1 aromatic carbocycles. The van der Waals surface area contributed by atoms with Crippen LogP contribution in [0.3, 0.4) is 0 Å². The molecule has 39 heavy (non-hydrogen) atoms. The summed E-state index contributed by atoms with van der Waals surface area (Å²) in [6, 6.07) is 14.0. The quantitative estimate of drug-likeness (QED) is 0.252. The molecule has 3 aromatic heterocycles. The van der Waals surface area contributed by atoms with Crippen molar-refractivity contribution in [2.24, 2.45) is 7.05 Å². The van der Waals surface area contributed by atoms with Crippen molar-refractivity contribution < 1.29 is 5.11 Å². The Hall–Kier alpha value is -3.82. The van der Waals surface area contributed by atoms with E-state index in [9.17, 15) is 9.90 Å². The molecule has 206 valence electrons. The molecule has 0 fully saturated rings. The number of fused-ring (bicyclic) bond motifs is 1. The molecule has 0 saturated heterocycles. The monoisotopic (exact) mass is 529 g/mol. The molecule has 3 heterocycles. The second-order valence-electron chi connectivity index (χ2n) is 10.6. The largest absolute Gasteiger partial charge is 0.394 e. The molecule has 9 nitrogen and oxygen atoms in total. The van der Waals surface area contributed by atoms with Gasteiger partial charge in [0.25, 0.3) is 5.56 Å². The number of aromatic nitrogens is 4. The van der Waals surface area contributed by atoms with E-state index < -0.39 is 5.54 Å². The van der Waals surface area contributed by atoms with Gasteiger partial charge in [-0.05, 0) is 49.6 Å². The standard InChI is InChI=1S/C30H39N7O2/c1-5-6-13-30(2,20-38)35-28-27-25(33-29(31)34-28)15-22(17-32-27)24-16-26(39)37(4)19-23(24)18-36(3)14-12-21-10-8-7-9-11-21/h7-11,15-17,19,38H,5-6,12-14,18,20H2,1-4H3,(H3,31,33,34,35)/t30-/m1/s1. The number of nitrogen functional groups attached to an aromatic ring is 1. The molecular weight excluding hydrogens is 490 g/mol. The van der Waals surface area contributed by atoms with Crippen molar-refractivity contribution >= 4 is 22.8 Å². The van der Waals surface area contributed by atoms with Gasteiger partial charge in [-0.1, -0.05) is 50.1 Å². The predicted octanol–water partition coefficient (Wildman–Crippen LogP) is 4.00. The van der Waals surface area contributed by atoms with Crippen molar-refractivity contribution in [2.75, 3.05) is 31.2 Å². The van der Waals surface area contributed by atoms with Crippen LogP contribution in [0.2, 0.25) is 0 Å². The summed E-state index contributed by atoms with van der Waals surface area (Å²) < 4.78 is 1.60. The number of likely N-dealkylation sites (N-methyl/N-ethyl adjacent to an activating group) is 1. The molecule has 0 radical (unpaired) electrons. The van der Waals surface area contributed by atoms with Crippen LogP contribution in [0.15, 0.2) is 59.7 Å². The van der Waals surface area contributed by atoms with E-state index in [2.05, 4.69) is 58.4 Å². The Bertz CT molecular complexity index is 1470. The number of benzene rings is 1. The number of nitrogens with zero attached hydrogens (tertiary/aromatic N) is 5. The zero-order valence-corrected chi connectivity index (χ0v) is 23.3. The van der Waals surface area contributed by atoms with Crippen LogP contribution < -0.4 is 16.6 Å². The Morgan fingerprint density at radius 1 is 1.18 bits per heavy atom. The summed E-state index contributed by atoms with van der Waals surface area (Å²) in [4.78, 5) is 28.4. The van der Waals surface area contributed by atoms with Gasteiger partial charge in [0.15, 0.2) is 5.82 Å². The van der Waals surface area contributed by atoms with Crippen LogP contribution in [0.1, 0.15) is 44.2 Å². The second kappa shape index (κ2) is 12.4. The Labute approximate surface area is 229 Å². The van der Waals surface area contributed by atoms with Crippen LogP contribution in [0.25, 0.3) is 22.2 Å². The minimum atomic E-state index is -0.562. The van der Waals surface area contributed by atoms with Crippen LogP contribution in [0, 0.1) is 0 Å². The fourth-order valence-corrected chi connectivity index (χ4v) is 4.72. The molecule has 0 bridgehead atoms. The van der Waals surface area contributed by atoms with E-state index in [0.717, 1.165) is 48.9 Å². The number of pyridine rings is 2. The topological polar surface area (TPSA) is 122 Å². The molecule has 0 aliphatic heterocycles. The lowest BCUT2D eigenvalue weighted by atomic mass is 9.96. The first-order chi connectivity index (χ1) is 18.7. The molecule has 9 heteroatoms. The average Bonchev–Trinajstić information content (AvgIpc) is 2.93. The summed E-state index contributed by atoms with van der Waals surface area (Å²) in [6.45, 7) is 5.57. The molecular formula is C30H39N7O2. The zero-order chi connectivity index (χ0) is 28.0. The van der Waals surface area contributed by atoms with Gasteiger partial charge in [-0.15, -0.1) is 0 Å². The van der Waals surface area contributed by atoms with E-state index >= 15 is 0 Å².